The average molecular weight is 429 g/mol. The van der Waals surface area contributed by atoms with Gasteiger partial charge in [0, 0.05) is 28.3 Å². The van der Waals surface area contributed by atoms with Crippen LogP contribution in [0.3, 0.4) is 0 Å². The SMILES string of the molecule is O=C1OC(c2ccc(Cl)c([N+](=O)[O-])c2)=N/C1=C\c1ccc(-c2cccc(Cl)c2)o1. The standard InChI is InChI=1S/C20H10Cl2N2O5/c21-13-3-1-2-11(8-13)18-7-5-14(28-18)10-16-20(25)29-19(23-16)12-4-6-15(22)17(9-12)24(26)27/h1-10H/b16-10-. The molecule has 0 saturated carbocycles. The summed E-state index contributed by atoms with van der Waals surface area (Å²) in [6.07, 6.45) is 1.42. The maximum Gasteiger partial charge on any atom is 0.363 e. The van der Waals surface area contributed by atoms with Gasteiger partial charge in [0.1, 0.15) is 16.5 Å². The number of carbonyl (C=O) groups excluding carboxylic acids is 1. The number of esters is 1. The van der Waals surface area contributed by atoms with E-state index >= 15 is 0 Å². The smallest absolute Gasteiger partial charge is 0.363 e. The van der Waals surface area contributed by atoms with Crippen molar-refractivity contribution in [3.8, 4) is 11.3 Å². The third kappa shape index (κ3) is 3.91. The largest absolute Gasteiger partial charge is 0.457 e. The molecule has 29 heavy (non-hydrogen) atoms. The number of aliphatic imine (C=N–C) groups is 1. The Bertz CT molecular complexity index is 1210. The monoisotopic (exact) mass is 428 g/mol. The number of cyclic esters (lactones) is 1. The van der Waals surface area contributed by atoms with E-state index in [1.165, 1.54) is 24.3 Å². The van der Waals surface area contributed by atoms with Crippen molar-refractivity contribution in [2.75, 3.05) is 0 Å². The summed E-state index contributed by atoms with van der Waals surface area (Å²) in [6, 6.07) is 14.6. The lowest BCUT2D eigenvalue weighted by Crippen LogP contribution is -2.06. The molecule has 2 aromatic carbocycles. The maximum atomic E-state index is 12.1. The topological polar surface area (TPSA) is 94.9 Å². The molecule has 1 aromatic heterocycles. The van der Waals surface area contributed by atoms with E-state index in [2.05, 4.69) is 4.99 Å². The molecule has 1 aliphatic rings. The van der Waals surface area contributed by atoms with Crippen molar-refractivity contribution in [1.29, 1.82) is 0 Å². The molecule has 0 saturated heterocycles. The Kier molecular flexibility index (Phi) is 4.92. The summed E-state index contributed by atoms with van der Waals surface area (Å²) in [5.74, 6) is 0.211. The molecule has 0 bridgehead atoms. The molecular formula is C20H10Cl2N2O5. The molecule has 9 heteroatoms. The quantitative estimate of drug-likeness (QED) is 0.236. The average Bonchev–Trinajstić information content (AvgIpc) is 3.29. The van der Waals surface area contributed by atoms with Crippen LogP contribution >= 0.6 is 23.2 Å². The molecular weight excluding hydrogens is 419 g/mol. The summed E-state index contributed by atoms with van der Waals surface area (Å²) in [5, 5.41) is 11.6. The van der Waals surface area contributed by atoms with Crippen molar-refractivity contribution in [2.24, 2.45) is 4.99 Å². The highest BCUT2D eigenvalue weighted by atomic mass is 35.5. The number of rotatable bonds is 4. The first kappa shape index (κ1) is 18.9. The highest BCUT2D eigenvalue weighted by molar-refractivity contribution is 6.32. The van der Waals surface area contributed by atoms with Crippen LogP contribution in [0.4, 0.5) is 5.69 Å². The van der Waals surface area contributed by atoms with Crippen LogP contribution in [0.25, 0.3) is 17.4 Å². The van der Waals surface area contributed by atoms with Gasteiger partial charge in [-0.25, -0.2) is 9.79 Å². The fraction of sp³-hybridized carbons (Fsp3) is 0. The third-order valence-corrected chi connectivity index (χ3v) is 4.58. The highest BCUT2D eigenvalue weighted by Gasteiger charge is 2.26. The number of hydrogen-bond donors (Lipinski definition) is 0. The Balaban J connectivity index is 1.64. The van der Waals surface area contributed by atoms with E-state index in [-0.39, 0.29) is 27.9 Å². The van der Waals surface area contributed by atoms with Crippen LogP contribution in [0.15, 0.2) is 69.7 Å². The van der Waals surface area contributed by atoms with Gasteiger partial charge in [0.25, 0.3) is 5.69 Å². The molecule has 0 N–H and O–H groups in total. The lowest BCUT2D eigenvalue weighted by Gasteiger charge is -2.00. The number of furan rings is 1. The number of nitro benzene ring substituents is 1. The summed E-state index contributed by atoms with van der Waals surface area (Å²) in [4.78, 5) is 26.7. The minimum absolute atomic E-state index is 0.00426. The normalized spacial score (nSPS) is 14.8. The van der Waals surface area contributed by atoms with Gasteiger partial charge >= 0.3 is 5.97 Å². The van der Waals surface area contributed by atoms with Gasteiger partial charge < -0.3 is 9.15 Å². The summed E-state index contributed by atoms with van der Waals surface area (Å²) >= 11 is 11.8. The molecule has 0 spiro atoms. The van der Waals surface area contributed by atoms with Gasteiger partial charge in [-0.3, -0.25) is 10.1 Å². The minimum atomic E-state index is -0.696. The first-order valence-electron chi connectivity index (χ1n) is 8.23. The van der Waals surface area contributed by atoms with E-state index in [1.54, 1.807) is 30.3 Å². The second-order valence-corrected chi connectivity index (χ2v) is 6.82. The third-order valence-electron chi connectivity index (χ3n) is 4.03. The van der Waals surface area contributed by atoms with Crippen LogP contribution < -0.4 is 0 Å². The molecule has 4 rings (SSSR count). The van der Waals surface area contributed by atoms with E-state index in [9.17, 15) is 14.9 Å². The van der Waals surface area contributed by atoms with Gasteiger partial charge in [0.15, 0.2) is 5.70 Å². The molecule has 144 valence electrons. The maximum absolute atomic E-state index is 12.1. The molecule has 0 radical (unpaired) electrons. The number of hydrogen-bond acceptors (Lipinski definition) is 6. The van der Waals surface area contributed by atoms with Gasteiger partial charge in [-0.15, -0.1) is 0 Å². The molecule has 0 amide bonds. The fourth-order valence-corrected chi connectivity index (χ4v) is 3.06. The summed E-state index contributed by atoms with van der Waals surface area (Å²) in [7, 11) is 0. The molecule has 3 aromatic rings. The van der Waals surface area contributed by atoms with Crippen molar-refractivity contribution < 1.29 is 18.9 Å². The second kappa shape index (κ2) is 7.54. The fourth-order valence-electron chi connectivity index (χ4n) is 2.68. The summed E-state index contributed by atoms with van der Waals surface area (Å²) < 4.78 is 10.9. The zero-order valence-corrected chi connectivity index (χ0v) is 16.0. The van der Waals surface area contributed by atoms with E-state index in [4.69, 9.17) is 32.4 Å². The van der Waals surface area contributed by atoms with Crippen LogP contribution in [-0.2, 0) is 9.53 Å². The molecule has 7 nitrogen and oxygen atoms in total. The van der Waals surface area contributed by atoms with Gasteiger partial charge in [-0.05, 0) is 36.4 Å². The van der Waals surface area contributed by atoms with Gasteiger partial charge in [0.2, 0.25) is 5.90 Å². The number of benzene rings is 2. The van der Waals surface area contributed by atoms with Crippen molar-refractivity contribution in [2.45, 2.75) is 0 Å². The van der Waals surface area contributed by atoms with Crippen molar-refractivity contribution in [3.63, 3.8) is 0 Å². The predicted molar refractivity (Wildman–Crippen MR) is 108 cm³/mol. The number of ether oxygens (including phenoxy) is 1. The van der Waals surface area contributed by atoms with Crippen molar-refractivity contribution in [1.82, 2.24) is 0 Å². The van der Waals surface area contributed by atoms with E-state index in [0.717, 1.165) is 5.56 Å². The molecule has 1 aliphatic heterocycles. The van der Waals surface area contributed by atoms with Crippen LogP contribution in [0.5, 0.6) is 0 Å². The number of carbonyl (C=O) groups is 1. The van der Waals surface area contributed by atoms with E-state index in [0.29, 0.717) is 16.5 Å². The van der Waals surface area contributed by atoms with Gasteiger partial charge in [0.05, 0.1) is 4.92 Å². The molecule has 0 unspecified atom stereocenters. The lowest BCUT2D eigenvalue weighted by atomic mass is 10.2. The lowest BCUT2D eigenvalue weighted by molar-refractivity contribution is -0.384. The molecule has 2 heterocycles. The van der Waals surface area contributed by atoms with E-state index < -0.39 is 10.9 Å². The van der Waals surface area contributed by atoms with Crippen LogP contribution in [0.1, 0.15) is 11.3 Å². The first-order valence-corrected chi connectivity index (χ1v) is 8.99. The van der Waals surface area contributed by atoms with Gasteiger partial charge in [-0.2, -0.15) is 0 Å². The molecule has 0 atom stereocenters. The first-order chi connectivity index (χ1) is 13.9. The Morgan fingerprint density at radius 2 is 1.86 bits per heavy atom. The Hall–Kier alpha value is -3.42. The Morgan fingerprint density at radius 3 is 2.62 bits per heavy atom. The van der Waals surface area contributed by atoms with Crippen LogP contribution in [0, 0.1) is 10.1 Å². The highest BCUT2D eigenvalue weighted by Crippen LogP contribution is 2.29. The molecule has 0 aliphatic carbocycles. The summed E-state index contributed by atoms with van der Waals surface area (Å²) in [5.41, 5.74) is 0.743. The van der Waals surface area contributed by atoms with Crippen LogP contribution in [-0.4, -0.2) is 16.8 Å². The van der Waals surface area contributed by atoms with Crippen LogP contribution in [0.2, 0.25) is 10.0 Å². The van der Waals surface area contributed by atoms with Crippen molar-refractivity contribution in [3.05, 3.63) is 91.8 Å². The number of halogens is 2. The molecule has 0 fully saturated rings. The predicted octanol–water partition coefficient (Wildman–Crippen LogP) is 5.51. The number of nitrogens with zero attached hydrogens (tertiary/aromatic N) is 2. The second-order valence-electron chi connectivity index (χ2n) is 5.97. The number of nitro groups is 1. The minimum Gasteiger partial charge on any atom is -0.457 e. The van der Waals surface area contributed by atoms with Gasteiger partial charge in [-0.1, -0.05) is 35.3 Å². The zero-order chi connectivity index (χ0) is 20.5. The van der Waals surface area contributed by atoms with E-state index in [1.807, 2.05) is 6.07 Å². The zero-order valence-electron chi connectivity index (χ0n) is 14.5. The summed E-state index contributed by atoms with van der Waals surface area (Å²) in [6.45, 7) is 0. The van der Waals surface area contributed by atoms with Crippen molar-refractivity contribution >= 4 is 46.8 Å². The Morgan fingerprint density at radius 1 is 1.03 bits per heavy atom. The Labute approximate surface area is 174 Å².